The normalized spacial score (nSPS) is 33.2. The molecule has 2 aliphatic rings. The summed E-state index contributed by atoms with van der Waals surface area (Å²) >= 11 is 0. The molecule has 0 spiro atoms. The number of likely N-dealkylation sites (tertiary alicyclic amines) is 1. The quantitative estimate of drug-likeness (QED) is 0.833. The Labute approximate surface area is 123 Å². The van der Waals surface area contributed by atoms with Crippen molar-refractivity contribution in [2.24, 2.45) is 17.3 Å². The summed E-state index contributed by atoms with van der Waals surface area (Å²) in [7, 11) is 0. The SMILES string of the molecule is CCCC1CCN(CC2(C(=O)O)CCCC(C)C2)CC1. The Bertz CT molecular complexity index is 323. The van der Waals surface area contributed by atoms with Gasteiger partial charge in [-0.25, -0.2) is 0 Å². The van der Waals surface area contributed by atoms with Crippen LogP contribution in [0, 0.1) is 17.3 Å². The average Bonchev–Trinajstić information content (AvgIpc) is 2.41. The van der Waals surface area contributed by atoms with Crippen molar-refractivity contribution in [2.45, 2.75) is 65.2 Å². The first kappa shape index (κ1) is 15.8. The van der Waals surface area contributed by atoms with E-state index in [1.54, 1.807) is 0 Å². The highest BCUT2D eigenvalue weighted by atomic mass is 16.4. The molecule has 1 saturated heterocycles. The van der Waals surface area contributed by atoms with E-state index in [1.165, 1.54) is 32.1 Å². The third kappa shape index (κ3) is 3.75. The summed E-state index contributed by atoms with van der Waals surface area (Å²) in [4.78, 5) is 14.3. The lowest BCUT2D eigenvalue weighted by Crippen LogP contribution is -2.48. The van der Waals surface area contributed by atoms with Gasteiger partial charge in [-0.3, -0.25) is 4.79 Å². The van der Waals surface area contributed by atoms with Gasteiger partial charge in [0.2, 0.25) is 0 Å². The Morgan fingerprint density at radius 1 is 1.30 bits per heavy atom. The fourth-order valence-electron chi connectivity index (χ4n) is 4.34. The molecule has 116 valence electrons. The van der Waals surface area contributed by atoms with Gasteiger partial charge in [0, 0.05) is 6.54 Å². The molecule has 0 radical (unpaired) electrons. The van der Waals surface area contributed by atoms with Crippen molar-refractivity contribution in [3.8, 4) is 0 Å². The maximum absolute atomic E-state index is 11.8. The number of hydrogen-bond donors (Lipinski definition) is 1. The summed E-state index contributed by atoms with van der Waals surface area (Å²) in [5, 5.41) is 9.75. The van der Waals surface area contributed by atoms with Crippen LogP contribution in [0.4, 0.5) is 0 Å². The number of aliphatic carboxylic acids is 1. The Hall–Kier alpha value is -0.570. The molecule has 1 heterocycles. The van der Waals surface area contributed by atoms with Crippen LogP contribution < -0.4 is 0 Å². The van der Waals surface area contributed by atoms with Gasteiger partial charge < -0.3 is 10.0 Å². The van der Waals surface area contributed by atoms with Crippen LogP contribution >= 0.6 is 0 Å². The van der Waals surface area contributed by atoms with E-state index in [0.717, 1.165) is 44.8 Å². The van der Waals surface area contributed by atoms with Crippen LogP contribution in [0.25, 0.3) is 0 Å². The van der Waals surface area contributed by atoms with E-state index < -0.39 is 11.4 Å². The third-order valence-electron chi connectivity index (χ3n) is 5.48. The van der Waals surface area contributed by atoms with E-state index in [-0.39, 0.29) is 0 Å². The number of piperidine rings is 1. The lowest BCUT2D eigenvalue weighted by atomic mass is 9.69. The van der Waals surface area contributed by atoms with Crippen molar-refractivity contribution in [3.63, 3.8) is 0 Å². The first-order valence-electron chi connectivity index (χ1n) is 8.51. The fraction of sp³-hybridized carbons (Fsp3) is 0.941. The Balaban J connectivity index is 1.91. The fourth-order valence-corrected chi connectivity index (χ4v) is 4.34. The molecule has 2 rings (SSSR count). The molecule has 1 aliphatic carbocycles. The monoisotopic (exact) mass is 281 g/mol. The van der Waals surface area contributed by atoms with Crippen LogP contribution in [0.5, 0.6) is 0 Å². The van der Waals surface area contributed by atoms with Crippen LogP contribution in [0.15, 0.2) is 0 Å². The van der Waals surface area contributed by atoms with Crippen LogP contribution in [0.3, 0.4) is 0 Å². The maximum atomic E-state index is 11.8. The van der Waals surface area contributed by atoms with Crippen LogP contribution in [-0.2, 0) is 4.79 Å². The first-order valence-corrected chi connectivity index (χ1v) is 8.51. The minimum atomic E-state index is -0.556. The van der Waals surface area contributed by atoms with E-state index in [9.17, 15) is 9.90 Å². The van der Waals surface area contributed by atoms with E-state index in [1.807, 2.05) is 0 Å². The van der Waals surface area contributed by atoms with Crippen LogP contribution in [0.1, 0.15) is 65.2 Å². The highest BCUT2D eigenvalue weighted by Crippen LogP contribution is 2.41. The van der Waals surface area contributed by atoms with Gasteiger partial charge in [0.1, 0.15) is 0 Å². The van der Waals surface area contributed by atoms with Gasteiger partial charge in [-0.05, 0) is 50.6 Å². The Kier molecular flexibility index (Phi) is 5.48. The molecule has 2 unspecified atom stereocenters. The van der Waals surface area contributed by atoms with Crippen molar-refractivity contribution >= 4 is 5.97 Å². The topological polar surface area (TPSA) is 40.5 Å². The van der Waals surface area contributed by atoms with E-state index in [2.05, 4.69) is 18.7 Å². The molecule has 20 heavy (non-hydrogen) atoms. The highest BCUT2D eigenvalue weighted by molar-refractivity contribution is 5.75. The molecular weight excluding hydrogens is 250 g/mol. The molecule has 1 saturated carbocycles. The molecule has 3 nitrogen and oxygen atoms in total. The number of carbonyl (C=O) groups is 1. The summed E-state index contributed by atoms with van der Waals surface area (Å²) in [6.07, 6.45) is 9.18. The summed E-state index contributed by atoms with van der Waals surface area (Å²) in [5.41, 5.74) is -0.463. The van der Waals surface area contributed by atoms with Crippen LogP contribution in [-0.4, -0.2) is 35.6 Å². The largest absolute Gasteiger partial charge is 0.481 e. The molecule has 3 heteroatoms. The summed E-state index contributed by atoms with van der Waals surface area (Å²) < 4.78 is 0. The predicted molar refractivity (Wildman–Crippen MR) is 81.8 cm³/mol. The third-order valence-corrected chi connectivity index (χ3v) is 5.48. The second kappa shape index (κ2) is 6.93. The van der Waals surface area contributed by atoms with Crippen molar-refractivity contribution in [3.05, 3.63) is 0 Å². The molecule has 2 fully saturated rings. The molecule has 0 bridgehead atoms. The Morgan fingerprint density at radius 2 is 2.00 bits per heavy atom. The van der Waals surface area contributed by atoms with Gasteiger partial charge in [-0.2, -0.15) is 0 Å². The van der Waals surface area contributed by atoms with E-state index in [0.29, 0.717) is 5.92 Å². The van der Waals surface area contributed by atoms with E-state index >= 15 is 0 Å². The standard InChI is InChI=1S/C17H31NO2/c1-3-5-15-7-10-18(11-8-15)13-17(16(19)20)9-4-6-14(2)12-17/h14-15H,3-13H2,1-2H3,(H,19,20). The van der Waals surface area contributed by atoms with Crippen molar-refractivity contribution in [1.29, 1.82) is 0 Å². The maximum Gasteiger partial charge on any atom is 0.310 e. The second-order valence-corrected chi connectivity index (χ2v) is 7.30. The van der Waals surface area contributed by atoms with Crippen molar-refractivity contribution in [2.75, 3.05) is 19.6 Å². The van der Waals surface area contributed by atoms with Crippen molar-refractivity contribution in [1.82, 2.24) is 4.90 Å². The smallest absolute Gasteiger partial charge is 0.310 e. The lowest BCUT2D eigenvalue weighted by molar-refractivity contribution is -0.154. The highest BCUT2D eigenvalue weighted by Gasteiger charge is 2.43. The Morgan fingerprint density at radius 3 is 2.55 bits per heavy atom. The number of hydrogen-bond acceptors (Lipinski definition) is 2. The minimum absolute atomic E-state index is 0.463. The van der Waals surface area contributed by atoms with Gasteiger partial charge in [0.15, 0.2) is 0 Å². The zero-order valence-corrected chi connectivity index (χ0v) is 13.2. The zero-order chi connectivity index (χ0) is 14.6. The summed E-state index contributed by atoms with van der Waals surface area (Å²) in [5.74, 6) is 0.888. The first-order chi connectivity index (χ1) is 9.55. The number of carboxylic acids is 1. The number of rotatable bonds is 5. The van der Waals surface area contributed by atoms with E-state index in [4.69, 9.17) is 0 Å². The van der Waals surface area contributed by atoms with Crippen LogP contribution in [0.2, 0.25) is 0 Å². The average molecular weight is 281 g/mol. The molecule has 0 amide bonds. The van der Waals surface area contributed by atoms with Gasteiger partial charge in [0.25, 0.3) is 0 Å². The minimum Gasteiger partial charge on any atom is -0.481 e. The number of carboxylic acid groups (broad SMARTS) is 1. The predicted octanol–water partition coefficient (Wildman–Crippen LogP) is 3.78. The molecule has 0 aromatic heterocycles. The molecular formula is C17H31NO2. The molecule has 1 aliphatic heterocycles. The molecule has 0 aromatic carbocycles. The molecule has 1 N–H and O–H groups in total. The zero-order valence-electron chi connectivity index (χ0n) is 13.2. The molecule has 2 atom stereocenters. The molecule has 0 aromatic rings. The van der Waals surface area contributed by atoms with Gasteiger partial charge in [0.05, 0.1) is 5.41 Å². The summed E-state index contributed by atoms with van der Waals surface area (Å²) in [6, 6.07) is 0. The van der Waals surface area contributed by atoms with Gasteiger partial charge >= 0.3 is 5.97 Å². The number of nitrogens with zero attached hydrogens (tertiary/aromatic N) is 1. The van der Waals surface area contributed by atoms with Crippen molar-refractivity contribution < 1.29 is 9.90 Å². The van der Waals surface area contributed by atoms with Gasteiger partial charge in [-0.15, -0.1) is 0 Å². The summed E-state index contributed by atoms with van der Waals surface area (Å²) in [6.45, 7) is 7.47. The lowest BCUT2D eigenvalue weighted by Gasteiger charge is -2.42. The second-order valence-electron chi connectivity index (χ2n) is 7.30. The van der Waals surface area contributed by atoms with Gasteiger partial charge in [-0.1, -0.05) is 39.5 Å².